The Kier molecular flexibility index (Phi) is 5.13. The smallest absolute Gasteiger partial charge is 0.194 e. The average molecular weight is 339 g/mol. The lowest BCUT2D eigenvalue weighted by Crippen LogP contribution is -1.99. The zero-order chi connectivity index (χ0) is 15.5. The van der Waals surface area contributed by atoms with E-state index in [0.29, 0.717) is 17.2 Å². The number of benzene rings is 1. The molecule has 1 N–H and O–H groups in total. The minimum absolute atomic E-state index is 0. The molecule has 0 unspecified atom stereocenters. The normalized spacial score (nSPS) is 10.0. The van der Waals surface area contributed by atoms with Crippen molar-refractivity contribution in [3.05, 3.63) is 66.4 Å². The monoisotopic (exact) mass is 338 g/mol. The summed E-state index contributed by atoms with van der Waals surface area (Å²) in [6.45, 7) is 0. The molecule has 0 aliphatic rings. The van der Waals surface area contributed by atoms with Crippen LogP contribution in [0.15, 0.2) is 48.9 Å². The fraction of sp³-hybridized carbons (Fsp3) is 0. The van der Waals surface area contributed by atoms with Crippen molar-refractivity contribution in [2.75, 3.05) is 5.32 Å². The molecule has 0 bridgehead atoms. The molecule has 0 fully saturated rings. The van der Waals surface area contributed by atoms with E-state index in [1.54, 1.807) is 24.5 Å². The fourth-order valence-electron chi connectivity index (χ4n) is 1.84. The number of nitrogens with zero attached hydrogens (tertiary/aromatic N) is 3. The minimum Gasteiger partial charge on any atom is -0.340 e. The van der Waals surface area contributed by atoms with Crippen molar-refractivity contribution >= 4 is 23.9 Å². The highest BCUT2D eigenvalue weighted by molar-refractivity contribution is 5.85. The predicted molar refractivity (Wildman–Crippen MR) is 82.1 cm³/mol. The Hall–Kier alpha value is -2.67. The average Bonchev–Trinajstić information content (AvgIpc) is 2.54. The number of nitrogens with one attached hydrogen (secondary N) is 1. The van der Waals surface area contributed by atoms with E-state index < -0.39 is 17.5 Å². The van der Waals surface area contributed by atoms with Crippen LogP contribution in [0.4, 0.5) is 24.7 Å². The first-order valence-corrected chi connectivity index (χ1v) is 6.28. The standard InChI is InChI=1S/C15H9F3N4.ClH/c16-11-6-10(7-12(17)14(11)18)21-13-3-5-20-15(22-13)9-2-1-4-19-8-9;/h1-8H,(H,20,21,22);1H. The topological polar surface area (TPSA) is 50.7 Å². The number of anilines is 2. The third-order valence-corrected chi connectivity index (χ3v) is 2.83. The zero-order valence-corrected chi connectivity index (χ0v) is 12.3. The molecule has 0 saturated heterocycles. The summed E-state index contributed by atoms with van der Waals surface area (Å²) in [4.78, 5) is 12.3. The van der Waals surface area contributed by atoms with Gasteiger partial charge in [0.15, 0.2) is 23.3 Å². The van der Waals surface area contributed by atoms with Gasteiger partial charge in [-0.3, -0.25) is 4.98 Å². The number of hydrogen-bond acceptors (Lipinski definition) is 4. The van der Waals surface area contributed by atoms with Gasteiger partial charge < -0.3 is 5.32 Å². The molecular formula is C15H10ClF3N4. The van der Waals surface area contributed by atoms with Gasteiger partial charge in [-0.05, 0) is 18.2 Å². The van der Waals surface area contributed by atoms with Gasteiger partial charge in [0.1, 0.15) is 5.82 Å². The molecule has 3 rings (SSSR count). The van der Waals surface area contributed by atoms with Crippen molar-refractivity contribution in [2.45, 2.75) is 0 Å². The number of aromatic nitrogens is 3. The van der Waals surface area contributed by atoms with E-state index in [2.05, 4.69) is 20.3 Å². The molecule has 1 aromatic carbocycles. The first kappa shape index (κ1) is 16.7. The SMILES string of the molecule is Cl.Fc1cc(Nc2ccnc(-c3cccnc3)n2)cc(F)c1F. The summed E-state index contributed by atoms with van der Waals surface area (Å²) in [5, 5.41) is 2.70. The lowest BCUT2D eigenvalue weighted by atomic mass is 10.2. The van der Waals surface area contributed by atoms with Crippen molar-refractivity contribution in [1.29, 1.82) is 0 Å². The maximum Gasteiger partial charge on any atom is 0.194 e. The van der Waals surface area contributed by atoms with Gasteiger partial charge in [-0.25, -0.2) is 23.1 Å². The highest BCUT2D eigenvalue weighted by Gasteiger charge is 2.11. The van der Waals surface area contributed by atoms with Gasteiger partial charge in [0.2, 0.25) is 0 Å². The van der Waals surface area contributed by atoms with Gasteiger partial charge in [-0.2, -0.15) is 0 Å². The molecule has 4 nitrogen and oxygen atoms in total. The molecule has 0 spiro atoms. The summed E-state index contributed by atoms with van der Waals surface area (Å²) in [5.74, 6) is -3.34. The lowest BCUT2D eigenvalue weighted by Gasteiger charge is -2.08. The van der Waals surface area contributed by atoms with Crippen molar-refractivity contribution in [1.82, 2.24) is 15.0 Å². The van der Waals surface area contributed by atoms with Crippen LogP contribution in [0.1, 0.15) is 0 Å². The molecule has 3 aromatic rings. The van der Waals surface area contributed by atoms with Gasteiger partial charge in [-0.15, -0.1) is 12.4 Å². The van der Waals surface area contributed by atoms with Crippen LogP contribution in [0.3, 0.4) is 0 Å². The molecule has 8 heteroatoms. The summed E-state index contributed by atoms with van der Waals surface area (Å²) < 4.78 is 39.3. The van der Waals surface area contributed by atoms with Crippen LogP contribution in [0, 0.1) is 17.5 Å². The van der Waals surface area contributed by atoms with Crippen LogP contribution in [0.25, 0.3) is 11.4 Å². The van der Waals surface area contributed by atoms with Gasteiger partial charge >= 0.3 is 0 Å². The first-order valence-electron chi connectivity index (χ1n) is 6.28. The van der Waals surface area contributed by atoms with E-state index in [-0.39, 0.29) is 18.1 Å². The Morgan fingerprint density at radius 3 is 2.35 bits per heavy atom. The number of halogens is 4. The Labute approximate surface area is 135 Å². The Bertz CT molecular complexity index is 792. The largest absolute Gasteiger partial charge is 0.340 e. The Morgan fingerprint density at radius 1 is 0.957 bits per heavy atom. The Morgan fingerprint density at radius 2 is 1.70 bits per heavy atom. The maximum atomic E-state index is 13.2. The van der Waals surface area contributed by atoms with E-state index >= 15 is 0 Å². The van der Waals surface area contributed by atoms with E-state index in [4.69, 9.17) is 0 Å². The van der Waals surface area contributed by atoms with Crippen LogP contribution in [-0.2, 0) is 0 Å². The quantitative estimate of drug-likeness (QED) is 0.730. The molecule has 0 saturated carbocycles. The second-order valence-corrected chi connectivity index (χ2v) is 4.39. The van der Waals surface area contributed by atoms with Crippen LogP contribution < -0.4 is 5.32 Å². The second-order valence-electron chi connectivity index (χ2n) is 4.39. The third kappa shape index (κ3) is 3.75. The third-order valence-electron chi connectivity index (χ3n) is 2.83. The van der Waals surface area contributed by atoms with Crippen molar-refractivity contribution in [3.63, 3.8) is 0 Å². The van der Waals surface area contributed by atoms with Gasteiger partial charge in [0, 0.05) is 42.0 Å². The van der Waals surface area contributed by atoms with Crippen LogP contribution in [-0.4, -0.2) is 15.0 Å². The van der Waals surface area contributed by atoms with Crippen LogP contribution in [0.5, 0.6) is 0 Å². The molecule has 2 aromatic heterocycles. The van der Waals surface area contributed by atoms with E-state index in [9.17, 15) is 13.2 Å². The molecular weight excluding hydrogens is 329 g/mol. The van der Waals surface area contributed by atoms with E-state index in [1.807, 2.05) is 0 Å². The summed E-state index contributed by atoms with van der Waals surface area (Å²) in [6.07, 6.45) is 4.71. The van der Waals surface area contributed by atoms with Gasteiger partial charge in [0.05, 0.1) is 0 Å². The maximum absolute atomic E-state index is 13.2. The highest BCUT2D eigenvalue weighted by atomic mass is 35.5. The molecule has 0 aliphatic carbocycles. The first-order chi connectivity index (χ1) is 10.6. The zero-order valence-electron chi connectivity index (χ0n) is 11.5. The number of pyridine rings is 1. The summed E-state index contributed by atoms with van der Waals surface area (Å²) in [7, 11) is 0. The van der Waals surface area contributed by atoms with Gasteiger partial charge in [-0.1, -0.05) is 0 Å². The molecule has 0 aliphatic heterocycles. The molecule has 0 radical (unpaired) electrons. The molecule has 118 valence electrons. The fourth-order valence-corrected chi connectivity index (χ4v) is 1.84. The van der Waals surface area contributed by atoms with Crippen LogP contribution in [0.2, 0.25) is 0 Å². The Balaban J connectivity index is 0.00000192. The molecule has 0 amide bonds. The summed E-state index contributed by atoms with van der Waals surface area (Å²) >= 11 is 0. The van der Waals surface area contributed by atoms with Gasteiger partial charge in [0.25, 0.3) is 0 Å². The molecule has 23 heavy (non-hydrogen) atoms. The van der Waals surface area contributed by atoms with Crippen molar-refractivity contribution in [3.8, 4) is 11.4 Å². The van der Waals surface area contributed by atoms with E-state index in [1.165, 1.54) is 12.3 Å². The number of rotatable bonds is 3. The molecule has 0 atom stereocenters. The van der Waals surface area contributed by atoms with Crippen molar-refractivity contribution in [2.24, 2.45) is 0 Å². The predicted octanol–water partition coefficient (Wildman–Crippen LogP) is 4.12. The number of hydrogen-bond donors (Lipinski definition) is 1. The van der Waals surface area contributed by atoms with Crippen LogP contribution >= 0.6 is 12.4 Å². The summed E-state index contributed by atoms with van der Waals surface area (Å²) in [6, 6.07) is 6.75. The van der Waals surface area contributed by atoms with Crippen molar-refractivity contribution < 1.29 is 13.2 Å². The highest BCUT2D eigenvalue weighted by Crippen LogP contribution is 2.21. The molecule has 2 heterocycles. The minimum atomic E-state index is -1.51. The lowest BCUT2D eigenvalue weighted by molar-refractivity contribution is 0.448. The second kappa shape index (κ2) is 7.06. The van der Waals surface area contributed by atoms with E-state index in [0.717, 1.165) is 12.1 Å². The summed E-state index contributed by atoms with van der Waals surface area (Å²) in [5.41, 5.74) is 0.745.